The highest BCUT2D eigenvalue weighted by Crippen LogP contribution is 1.89. The summed E-state index contributed by atoms with van der Waals surface area (Å²) in [5.74, 6) is 0.0847. The molecule has 6 heteroatoms. The first-order valence-corrected chi connectivity index (χ1v) is 5.98. The molecule has 1 aliphatic rings. The molecule has 2 amide bonds. The van der Waals surface area contributed by atoms with Gasteiger partial charge in [0, 0.05) is 26.2 Å². The highest BCUT2D eigenvalue weighted by atomic mass is 16.2. The minimum atomic E-state index is 0.0423. The first kappa shape index (κ1) is 13.9. The largest absolute Gasteiger partial charge is 0.355 e. The number of likely N-dealkylation sites (N-methyl/N-ethyl adjacent to an activating group) is 2. The Labute approximate surface area is 102 Å². The maximum absolute atomic E-state index is 11.5. The summed E-state index contributed by atoms with van der Waals surface area (Å²) in [6, 6.07) is 0. The van der Waals surface area contributed by atoms with E-state index in [9.17, 15) is 9.59 Å². The van der Waals surface area contributed by atoms with Crippen molar-refractivity contribution in [2.24, 2.45) is 0 Å². The van der Waals surface area contributed by atoms with Gasteiger partial charge in [0.1, 0.15) is 0 Å². The molecule has 0 saturated carbocycles. The summed E-state index contributed by atoms with van der Waals surface area (Å²) in [7, 11) is 3.82. The van der Waals surface area contributed by atoms with Crippen LogP contribution in [0.1, 0.15) is 6.42 Å². The predicted molar refractivity (Wildman–Crippen MR) is 65.6 cm³/mol. The summed E-state index contributed by atoms with van der Waals surface area (Å²) < 4.78 is 0. The average molecular weight is 242 g/mol. The molecule has 0 bridgehead atoms. The van der Waals surface area contributed by atoms with Crippen LogP contribution in [0.15, 0.2) is 0 Å². The lowest BCUT2D eigenvalue weighted by Gasteiger charge is -2.20. The van der Waals surface area contributed by atoms with Crippen LogP contribution in [0.2, 0.25) is 0 Å². The van der Waals surface area contributed by atoms with Crippen molar-refractivity contribution < 1.29 is 9.59 Å². The zero-order valence-electron chi connectivity index (χ0n) is 10.7. The van der Waals surface area contributed by atoms with Crippen molar-refractivity contribution in [2.75, 3.05) is 53.4 Å². The molecule has 0 aromatic heterocycles. The SMILES string of the molecule is CN1CCN(C)CC(=O)NCCCNC(=O)C1. The van der Waals surface area contributed by atoms with Crippen LogP contribution in [0.4, 0.5) is 0 Å². The quantitative estimate of drug-likeness (QED) is 0.542. The predicted octanol–water partition coefficient (Wildman–Crippen LogP) is -1.51. The lowest BCUT2D eigenvalue weighted by molar-refractivity contribution is -0.122. The van der Waals surface area contributed by atoms with E-state index in [4.69, 9.17) is 0 Å². The lowest BCUT2D eigenvalue weighted by atomic mass is 10.4. The van der Waals surface area contributed by atoms with Crippen LogP contribution in [0, 0.1) is 0 Å². The molecule has 98 valence electrons. The molecule has 0 aromatic carbocycles. The van der Waals surface area contributed by atoms with E-state index >= 15 is 0 Å². The Morgan fingerprint density at radius 3 is 1.71 bits per heavy atom. The second-order valence-electron chi connectivity index (χ2n) is 4.53. The Morgan fingerprint density at radius 1 is 0.882 bits per heavy atom. The van der Waals surface area contributed by atoms with E-state index in [1.165, 1.54) is 0 Å². The van der Waals surface area contributed by atoms with E-state index in [-0.39, 0.29) is 11.8 Å². The van der Waals surface area contributed by atoms with E-state index in [2.05, 4.69) is 10.6 Å². The van der Waals surface area contributed by atoms with Gasteiger partial charge in [-0.3, -0.25) is 19.4 Å². The normalized spacial score (nSPS) is 22.9. The van der Waals surface area contributed by atoms with Crippen molar-refractivity contribution in [3.8, 4) is 0 Å². The standard InChI is InChI=1S/C11H22N4O2/c1-14-6-7-15(2)9-11(17)13-5-3-4-12-10(16)8-14/h3-9H2,1-2H3,(H,12,16)(H,13,17). The zero-order valence-corrected chi connectivity index (χ0v) is 10.7. The molecule has 1 aliphatic heterocycles. The molecule has 1 fully saturated rings. The third-order valence-corrected chi connectivity index (χ3v) is 2.69. The Morgan fingerprint density at radius 2 is 1.29 bits per heavy atom. The van der Waals surface area contributed by atoms with Crippen LogP contribution in [0.25, 0.3) is 0 Å². The molecule has 17 heavy (non-hydrogen) atoms. The lowest BCUT2D eigenvalue weighted by Crippen LogP contribution is -2.40. The van der Waals surface area contributed by atoms with Gasteiger partial charge in [0.2, 0.25) is 11.8 Å². The van der Waals surface area contributed by atoms with Gasteiger partial charge in [0.05, 0.1) is 13.1 Å². The number of nitrogens with zero attached hydrogens (tertiary/aromatic N) is 2. The van der Waals surface area contributed by atoms with E-state index in [0.29, 0.717) is 26.2 Å². The summed E-state index contributed by atoms with van der Waals surface area (Å²) in [6.07, 6.45) is 0.769. The van der Waals surface area contributed by atoms with Gasteiger partial charge in [-0.2, -0.15) is 0 Å². The molecule has 6 nitrogen and oxygen atoms in total. The Hall–Kier alpha value is -1.14. The minimum Gasteiger partial charge on any atom is -0.355 e. The minimum absolute atomic E-state index is 0.0423. The fourth-order valence-corrected chi connectivity index (χ4v) is 1.65. The molecule has 0 aliphatic carbocycles. The zero-order chi connectivity index (χ0) is 12.7. The Balaban J connectivity index is 2.46. The number of amides is 2. The van der Waals surface area contributed by atoms with E-state index in [0.717, 1.165) is 19.5 Å². The summed E-state index contributed by atoms with van der Waals surface area (Å²) >= 11 is 0. The monoisotopic (exact) mass is 242 g/mol. The molecule has 0 spiro atoms. The van der Waals surface area contributed by atoms with Gasteiger partial charge in [-0.05, 0) is 20.5 Å². The maximum Gasteiger partial charge on any atom is 0.234 e. The molecule has 1 heterocycles. The van der Waals surface area contributed by atoms with Gasteiger partial charge < -0.3 is 10.6 Å². The number of hydrogen-bond donors (Lipinski definition) is 2. The molecule has 0 aromatic rings. The number of rotatable bonds is 0. The van der Waals surface area contributed by atoms with Gasteiger partial charge in [-0.1, -0.05) is 0 Å². The molecule has 1 saturated heterocycles. The molecule has 2 N–H and O–H groups in total. The fraction of sp³-hybridized carbons (Fsp3) is 0.818. The third kappa shape index (κ3) is 6.23. The van der Waals surface area contributed by atoms with E-state index in [1.54, 1.807) is 0 Å². The first-order chi connectivity index (χ1) is 8.08. The van der Waals surface area contributed by atoms with Gasteiger partial charge in [0.25, 0.3) is 0 Å². The first-order valence-electron chi connectivity index (χ1n) is 5.98. The summed E-state index contributed by atoms with van der Waals surface area (Å²) in [5, 5.41) is 5.66. The summed E-state index contributed by atoms with van der Waals surface area (Å²) in [4.78, 5) is 26.9. The topological polar surface area (TPSA) is 64.7 Å². The average Bonchev–Trinajstić information content (AvgIpc) is 2.25. The van der Waals surface area contributed by atoms with Gasteiger partial charge in [-0.15, -0.1) is 0 Å². The highest BCUT2D eigenvalue weighted by molar-refractivity contribution is 5.78. The fourth-order valence-electron chi connectivity index (χ4n) is 1.65. The van der Waals surface area contributed by atoms with Crippen molar-refractivity contribution >= 4 is 11.8 Å². The van der Waals surface area contributed by atoms with Crippen LogP contribution in [-0.2, 0) is 9.59 Å². The second-order valence-corrected chi connectivity index (χ2v) is 4.53. The highest BCUT2D eigenvalue weighted by Gasteiger charge is 2.10. The Kier molecular flexibility index (Phi) is 5.93. The molecule has 0 radical (unpaired) electrons. The van der Waals surface area contributed by atoms with E-state index < -0.39 is 0 Å². The van der Waals surface area contributed by atoms with Crippen LogP contribution in [0.5, 0.6) is 0 Å². The smallest absolute Gasteiger partial charge is 0.234 e. The van der Waals surface area contributed by atoms with E-state index in [1.807, 2.05) is 23.9 Å². The third-order valence-electron chi connectivity index (χ3n) is 2.69. The van der Waals surface area contributed by atoms with Gasteiger partial charge in [0.15, 0.2) is 0 Å². The molecular formula is C11H22N4O2. The number of carbonyl (C=O) groups excluding carboxylic acids is 2. The van der Waals surface area contributed by atoms with Crippen LogP contribution >= 0.6 is 0 Å². The number of nitrogens with one attached hydrogen (secondary N) is 2. The van der Waals surface area contributed by atoms with Crippen molar-refractivity contribution in [1.29, 1.82) is 0 Å². The van der Waals surface area contributed by atoms with Crippen molar-refractivity contribution in [3.05, 3.63) is 0 Å². The Bertz CT molecular complexity index is 244. The van der Waals surface area contributed by atoms with Crippen LogP contribution < -0.4 is 10.6 Å². The number of carbonyl (C=O) groups is 2. The molecule has 0 unspecified atom stereocenters. The molecular weight excluding hydrogens is 220 g/mol. The van der Waals surface area contributed by atoms with Crippen molar-refractivity contribution in [2.45, 2.75) is 6.42 Å². The summed E-state index contributed by atoms with van der Waals surface area (Å²) in [6.45, 7) is 3.60. The maximum atomic E-state index is 11.5. The molecule has 1 rings (SSSR count). The van der Waals surface area contributed by atoms with Crippen molar-refractivity contribution in [1.82, 2.24) is 20.4 Å². The van der Waals surface area contributed by atoms with Gasteiger partial charge >= 0.3 is 0 Å². The van der Waals surface area contributed by atoms with Crippen molar-refractivity contribution in [3.63, 3.8) is 0 Å². The number of hydrogen-bond acceptors (Lipinski definition) is 4. The molecule has 0 atom stereocenters. The van der Waals surface area contributed by atoms with Crippen LogP contribution in [0.3, 0.4) is 0 Å². The van der Waals surface area contributed by atoms with Gasteiger partial charge in [-0.25, -0.2) is 0 Å². The van der Waals surface area contributed by atoms with Crippen LogP contribution in [-0.4, -0.2) is 75.0 Å². The summed E-state index contributed by atoms with van der Waals surface area (Å²) in [5.41, 5.74) is 0. The second kappa shape index (κ2) is 7.24.